The summed E-state index contributed by atoms with van der Waals surface area (Å²) < 4.78 is 37.9. The number of ether oxygens (including phenoxy) is 6. The van der Waals surface area contributed by atoms with E-state index in [9.17, 15) is 66.4 Å². The van der Waals surface area contributed by atoms with Gasteiger partial charge in [-0.25, -0.2) is 0 Å². The Morgan fingerprint density at radius 1 is 0.642 bits per heavy atom. The van der Waals surface area contributed by atoms with Crippen molar-refractivity contribution in [3.63, 3.8) is 0 Å². The van der Waals surface area contributed by atoms with E-state index in [1.165, 1.54) is 0 Å². The Morgan fingerprint density at radius 2 is 1.18 bits per heavy atom. The van der Waals surface area contributed by atoms with Crippen LogP contribution in [0.2, 0.25) is 0 Å². The lowest BCUT2D eigenvalue weighted by Crippen LogP contribution is -2.71. The summed E-state index contributed by atoms with van der Waals surface area (Å²) >= 11 is 0. The molecule has 13 N–H and O–H groups in total. The third-order valence-corrected chi connectivity index (χ3v) is 18.7. The molecule has 0 aromatic carbocycles. The first-order chi connectivity index (χ1) is 31.3. The van der Waals surface area contributed by atoms with Crippen LogP contribution in [0.5, 0.6) is 0 Å². The molecule has 0 radical (unpaired) electrons. The number of fused-ring (bicyclic) bond motifs is 5. The molecule has 0 spiro atoms. The minimum absolute atomic E-state index is 0.110. The maximum Gasteiger partial charge on any atom is 0.187 e. The average Bonchev–Trinajstić information content (AvgIpc) is 3.66. The lowest BCUT2D eigenvalue weighted by molar-refractivity contribution is -0.383. The van der Waals surface area contributed by atoms with Gasteiger partial charge in [0.25, 0.3) is 0 Å². The van der Waals surface area contributed by atoms with Gasteiger partial charge in [-0.05, 0) is 117 Å². The Balaban J connectivity index is 1.27. The summed E-state index contributed by atoms with van der Waals surface area (Å²) in [7, 11) is 0. The van der Waals surface area contributed by atoms with Gasteiger partial charge in [0.05, 0.1) is 43.7 Å². The second-order valence-corrected chi connectivity index (χ2v) is 23.1. The van der Waals surface area contributed by atoms with Gasteiger partial charge in [-0.2, -0.15) is 0 Å². The van der Waals surface area contributed by atoms with Gasteiger partial charge in [-0.15, -0.1) is 0 Å². The van der Waals surface area contributed by atoms with Crippen molar-refractivity contribution in [1.82, 2.24) is 0 Å². The third-order valence-electron chi connectivity index (χ3n) is 18.7. The normalized spacial score (nSPS) is 52.9. The summed E-state index contributed by atoms with van der Waals surface area (Å²) in [4.78, 5) is 0. The van der Waals surface area contributed by atoms with E-state index in [0.29, 0.717) is 51.4 Å². The van der Waals surface area contributed by atoms with Gasteiger partial charge in [-0.1, -0.05) is 46.3 Å². The first-order valence-corrected chi connectivity index (χ1v) is 24.5. The molecule has 7 rings (SSSR count). The molecule has 3 unspecified atom stereocenters. The number of rotatable bonds is 13. The molecule has 388 valence electrons. The zero-order valence-corrected chi connectivity index (χ0v) is 40.3. The lowest BCUT2D eigenvalue weighted by atomic mass is 9.34. The Kier molecular flexibility index (Phi) is 15.9. The van der Waals surface area contributed by atoms with Gasteiger partial charge in [0.1, 0.15) is 73.2 Å². The molecule has 7 fully saturated rings. The monoisotopic (exact) mass is 963 g/mol. The van der Waals surface area contributed by atoms with Crippen molar-refractivity contribution < 1.29 is 94.8 Å². The van der Waals surface area contributed by atoms with E-state index in [4.69, 9.17) is 28.4 Å². The van der Waals surface area contributed by atoms with Gasteiger partial charge < -0.3 is 94.8 Å². The van der Waals surface area contributed by atoms with Crippen molar-refractivity contribution in [2.45, 2.75) is 223 Å². The number of hydrogen-bond acceptors (Lipinski definition) is 19. The summed E-state index contributed by atoms with van der Waals surface area (Å²) in [6.07, 6.45) is -20.0. The second-order valence-electron chi connectivity index (χ2n) is 23.1. The van der Waals surface area contributed by atoms with Crippen LogP contribution in [0.1, 0.15) is 107 Å². The van der Waals surface area contributed by atoms with Crippen molar-refractivity contribution in [2.24, 2.45) is 45.3 Å². The Bertz CT molecular complexity index is 1710. The Morgan fingerprint density at radius 3 is 1.75 bits per heavy atom. The second kappa shape index (κ2) is 19.8. The van der Waals surface area contributed by atoms with Crippen LogP contribution < -0.4 is 0 Å². The SMILES string of the molecule is CC(C)=CCC[C@](C)(O[C@@H]1O[C@H](CO)[C@@H](O)[C@H](O)[C@H]1O)[C@H]1CC[C@]2(C)C1[C@H](O)CC1[C@@]3(C)CC[C@H](O)C(C)(C)C3[C@@H](O[C@@H]3O[C@H](CO)[C@@H](O)[C@H](O)[C@H]3O[C@@H]3O[C@H](CO)[C@@H](O)[C@H](O)[C@H]3O)C[C@]12C. The topological polar surface area (TPSA) is 318 Å². The molecular formula is C48H82O19. The first-order valence-electron chi connectivity index (χ1n) is 24.5. The van der Waals surface area contributed by atoms with Crippen LogP contribution >= 0.6 is 0 Å². The highest BCUT2D eigenvalue weighted by atomic mass is 16.8. The standard InChI is InChI=1S/C48H82O19/c1-21(2)10-9-13-48(8,67-42-38(61)35(58)32(55)26(19-50)64-42)22-11-15-46(6)30(22)23(52)16-28-45(5)14-12-29(53)44(3,4)40(45)24(17-47(28,46)7)62-43-39(36(59)33(56)27(20-51)65-43)66-41-37(60)34(57)31(54)25(18-49)63-41/h10,22-43,49-61H,9,11-20H2,1-8H3/t22-,23+,24-,25+,26+,27+,28?,29-,30?,31+,32+,33+,34-,35-,36-,37+,38+,39+,40?,41-,42-,43+,45+,46+,47+,48-/m0/s1. The van der Waals surface area contributed by atoms with Crippen molar-refractivity contribution >= 4 is 0 Å². The smallest absolute Gasteiger partial charge is 0.187 e. The molecule has 19 nitrogen and oxygen atoms in total. The summed E-state index contributed by atoms with van der Waals surface area (Å²) in [5.74, 6) is -1.22. The minimum Gasteiger partial charge on any atom is -0.394 e. The number of allylic oxidation sites excluding steroid dienone is 2. The average molecular weight is 963 g/mol. The Hall–Kier alpha value is -1.02. The number of hydrogen-bond donors (Lipinski definition) is 13. The Labute approximate surface area is 393 Å². The maximum absolute atomic E-state index is 12.7. The summed E-state index contributed by atoms with van der Waals surface area (Å²) in [5.41, 5.74) is -2.56. The summed E-state index contributed by atoms with van der Waals surface area (Å²) in [6.45, 7) is 14.4. The predicted octanol–water partition coefficient (Wildman–Crippen LogP) is -1.06. The highest BCUT2D eigenvalue weighted by molar-refractivity contribution is 5.22. The largest absolute Gasteiger partial charge is 0.394 e. The van der Waals surface area contributed by atoms with E-state index in [-0.39, 0.29) is 17.8 Å². The van der Waals surface area contributed by atoms with Crippen LogP contribution in [-0.2, 0) is 28.4 Å². The van der Waals surface area contributed by atoms with Crippen molar-refractivity contribution in [3.05, 3.63) is 11.6 Å². The van der Waals surface area contributed by atoms with Gasteiger partial charge in [0, 0.05) is 0 Å². The highest BCUT2D eigenvalue weighted by Crippen LogP contribution is 2.76. The number of aliphatic hydroxyl groups is 13. The van der Waals surface area contributed by atoms with Crippen LogP contribution in [0.15, 0.2) is 11.6 Å². The van der Waals surface area contributed by atoms with E-state index < -0.39 is 163 Å². The molecule has 4 aliphatic carbocycles. The molecule has 0 bridgehead atoms. The van der Waals surface area contributed by atoms with Crippen LogP contribution in [-0.4, -0.2) is 202 Å². The minimum atomic E-state index is -1.86. The zero-order chi connectivity index (χ0) is 49.5. The van der Waals surface area contributed by atoms with Gasteiger partial charge >= 0.3 is 0 Å². The fourth-order valence-corrected chi connectivity index (χ4v) is 14.9. The lowest BCUT2D eigenvalue weighted by Gasteiger charge is -2.72. The molecule has 0 aromatic rings. The zero-order valence-electron chi connectivity index (χ0n) is 40.3. The molecule has 0 amide bonds. The van der Waals surface area contributed by atoms with E-state index >= 15 is 0 Å². The third kappa shape index (κ3) is 9.03. The van der Waals surface area contributed by atoms with Crippen LogP contribution in [0.3, 0.4) is 0 Å². The van der Waals surface area contributed by atoms with E-state index in [0.717, 1.165) is 5.57 Å². The van der Waals surface area contributed by atoms with Crippen LogP contribution in [0, 0.1) is 45.3 Å². The number of aliphatic hydroxyl groups excluding tert-OH is 13. The van der Waals surface area contributed by atoms with Gasteiger partial charge in [0.15, 0.2) is 18.9 Å². The first kappa shape index (κ1) is 53.8. The molecule has 3 heterocycles. The van der Waals surface area contributed by atoms with E-state index in [2.05, 4.69) is 26.8 Å². The molecule has 3 saturated heterocycles. The van der Waals surface area contributed by atoms with Crippen molar-refractivity contribution in [3.8, 4) is 0 Å². The molecule has 67 heavy (non-hydrogen) atoms. The van der Waals surface area contributed by atoms with E-state index in [1.54, 1.807) is 0 Å². The highest BCUT2D eigenvalue weighted by Gasteiger charge is 2.74. The quantitative estimate of drug-likeness (QED) is 0.0773. The summed E-state index contributed by atoms with van der Waals surface area (Å²) in [6, 6.07) is 0. The fraction of sp³-hybridized carbons (Fsp3) is 0.958. The molecule has 7 aliphatic rings. The van der Waals surface area contributed by atoms with Crippen molar-refractivity contribution in [1.29, 1.82) is 0 Å². The van der Waals surface area contributed by atoms with Crippen molar-refractivity contribution in [2.75, 3.05) is 19.8 Å². The maximum atomic E-state index is 12.7. The fourth-order valence-electron chi connectivity index (χ4n) is 14.9. The van der Waals surface area contributed by atoms with Gasteiger partial charge in [-0.3, -0.25) is 0 Å². The van der Waals surface area contributed by atoms with Gasteiger partial charge in [0.2, 0.25) is 0 Å². The molecular weight excluding hydrogens is 881 g/mol. The van der Waals surface area contributed by atoms with Crippen LogP contribution in [0.25, 0.3) is 0 Å². The molecule has 4 saturated carbocycles. The molecule has 26 atom stereocenters. The molecule has 19 heteroatoms. The molecule has 3 aliphatic heterocycles. The predicted molar refractivity (Wildman–Crippen MR) is 235 cm³/mol. The summed E-state index contributed by atoms with van der Waals surface area (Å²) in [5, 5.41) is 142. The van der Waals surface area contributed by atoms with E-state index in [1.807, 2.05) is 34.6 Å². The van der Waals surface area contributed by atoms with Crippen LogP contribution in [0.4, 0.5) is 0 Å². The molecule has 0 aromatic heterocycles.